The summed E-state index contributed by atoms with van der Waals surface area (Å²) < 4.78 is 5.49. The standard InChI is InChI=1S/C23H19N3O3/c1-25-12-20(27)26-18(23(25)28)11-16-15-4-2-3-5-17(15)24-21(16)22(26)14-6-7-19-13(10-14)8-9-29-19/h2-10,18,22,24H,11-12H2,1H3/t18-,22-/m1/s1. The van der Waals surface area contributed by atoms with Crippen LogP contribution in [0.5, 0.6) is 0 Å². The summed E-state index contributed by atoms with van der Waals surface area (Å²) >= 11 is 0. The molecule has 1 N–H and O–H groups in total. The molecule has 0 spiro atoms. The predicted octanol–water partition coefficient (Wildman–Crippen LogP) is 3.23. The van der Waals surface area contributed by atoms with Crippen LogP contribution in [-0.4, -0.2) is 46.2 Å². The molecule has 0 saturated carbocycles. The van der Waals surface area contributed by atoms with Crippen LogP contribution in [-0.2, 0) is 16.0 Å². The number of nitrogens with one attached hydrogen (secondary N) is 1. The lowest BCUT2D eigenvalue weighted by Crippen LogP contribution is -2.62. The van der Waals surface area contributed by atoms with Crippen molar-refractivity contribution in [1.82, 2.24) is 14.8 Å². The molecule has 6 heteroatoms. The van der Waals surface area contributed by atoms with Crippen molar-refractivity contribution < 1.29 is 14.0 Å². The van der Waals surface area contributed by atoms with E-state index in [1.807, 2.05) is 36.4 Å². The number of para-hydroxylation sites is 1. The first kappa shape index (κ1) is 16.4. The van der Waals surface area contributed by atoms with Crippen LogP contribution in [0.3, 0.4) is 0 Å². The zero-order valence-electron chi connectivity index (χ0n) is 15.9. The zero-order chi connectivity index (χ0) is 19.7. The molecule has 6 rings (SSSR count). The molecular weight excluding hydrogens is 366 g/mol. The minimum atomic E-state index is -0.488. The average Bonchev–Trinajstić information content (AvgIpc) is 3.34. The Morgan fingerprint density at radius 3 is 2.86 bits per heavy atom. The van der Waals surface area contributed by atoms with E-state index in [9.17, 15) is 9.59 Å². The van der Waals surface area contributed by atoms with E-state index in [2.05, 4.69) is 17.1 Å². The number of H-pyrrole nitrogens is 1. The Bertz CT molecular complexity index is 1300. The second-order valence-corrected chi connectivity index (χ2v) is 7.90. The summed E-state index contributed by atoms with van der Waals surface area (Å²) in [6, 6.07) is 15.2. The molecule has 0 radical (unpaired) electrons. The van der Waals surface area contributed by atoms with Gasteiger partial charge in [0, 0.05) is 35.5 Å². The van der Waals surface area contributed by atoms with Crippen LogP contribution in [0.4, 0.5) is 0 Å². The zero-order valence-corrected chi connectivity index (χ0v) is 15.9. The molecule has 0 bridgehead atoms. The number of furan rings is 1. The van der Waals surface area contributed by atoms with Gasteiger partial charge in [0.2, 0.25) is 11.8 Å². The van der Waals surface area contributed by atoms with E-state index in [0.29, 0.717) is 6.42 Å². The number of carbonyl (C=O) groups is 2. The monoisotopic (exact) mass is 385 g/mol. The van der Waals surface area contributed by atoms with Crippen molar-refractivity contribution in [1.29, 1.82) is 0 Å². The molecule has 4 heterocycles. The third-order valence-corrected chi connectivity index (χ3v) is 6.25. The normalized spacial score (nSPS) is 21.7. The molecule has 2 aromatic carbocycles. The molecular formula is C23H19N3O3. The van der Waals surface area contributed by atoms with Crippen LogP contribution in [0.1, 0.15) is 22.9 Å². The lowest BCUT2D eigenvalue weighted by molar-refractivity contribution is -0.157. The van der Waals surface area contributed by atoms with Crippen LogP contribution in [0.15, 0.2) is 59.2 Å². The van der Waals surface area contributed by atoms with E-state index in [0.717, 1.165) is 38.7 Å². The van der Waals surface area contributed by atoms with Gasteiger partial charge in [0.15, 0.2) is 0 Å². The second kappa shape index (κ2) is 5.73. The average molecular weight is 385 g/mol. The lowest BCUT2D eigenvalue weighted by atomic mass is 9.86. The quantitative estimate of drug-likeness (QED) is 0.547. The molecule has 2 aliphatic rings. The van der Waals surface area contributed by atoms with Crippen LogP contribution < -0.4 is 0 Å². The number of likely N-dealkylation sites (N-methyl/N-ethyl adjacent to an activating group) is 1. The van der Waals surface area contributed by atoms with Crippen molar-refractivity contribution in [3.8, 4) is 0 Å². The Labute approximate surface area is 166 Å². The van der Waals surface area contributed by atoms with Crippen molar-refractivity contribution in [2.75, 3.05) is 13.6 Å². The summed E-state index contributed by atoms with van der Waals surface area (Å²) in [7, 11) is 1.70. The number of rotatable bonds is 1. The summed E-state index contributed by atoms with van der Waals surface area (Å²) in [5.41, 5.74) is 4.92. The largest absolute Gasteiger partial charge is 0.464 e. The molecule has 0 unspecified atom stereocenters. The molecule has 29 heavy (non-hydrogen) atoms. The van der Waals surface area contributed by atoms with E-state index < -0.39 is 6.04 Å². The number of piperazine rings is 1. The van der Waals surface area contributed by atoms with Crippen molar-refractivity contribution in [2.24, 2.45) is 0 Å². The van der Waals surface area contributed by atoms with E-state index in [4.69, 9.17) is 4.42 Å². The number of fused-ring (bicyclic) bond motifs is 5. The number of hydrogen-bond acceptors (Lipinski definition) is 3. The number of carbonyl (C=O) groups excluding carboxylic acids is 2. The van der Waals surface area contributed by atoms with Gasteiger partial charge in [-0.25, -0.2) is 0 Å². The molecule has 4 aromatic rings. The molecule has 1 saturated heterocycles. The van der Waals surface area contributed by atoms with Gasteiger partial charge in [-0.2, -0.15) is 0 Å². The summed E-state index contributed by atoms with van der Waals surface area (Å²) in [6.45, 7) is 0.106. The third-order valence-electron chi connectivity index (χ3n) is 6.25. The Kier molecular flexibility index (Phi) is 3.25. The number of hydrogen-bond donors (Lipinski definition) is 1. The Morgan fingerprint density at radius 1 is 1.10 bits per heavy atom. The highest BCUT2D eigenvalue weighted by atomic mass is 16.3. The number of aromatic nitrogens is 1. The van der Waals surface area contributed by atoms with Gasteiger partial charge in [0.05, 0.1) is 18.8 Å². The number of nitrogens with zero attached hydrogens (tertiary/aromatic N) is 2. The van der Waals surface area contributed by atoms with Crippen LogP contribution in [0, 0.1) is 0 Å². The molecule has 0 aliphatic carbocycles. The van der Waals surface area contributed by atoms with Gasteiger partial charge in [-0.05, 0) is 35.4 Å². The fraction of sp³-hybridized carbons (Fsp3) is 0.217. The molecule has 2 atom stereocenters. The first-order valence-electron chi connectivity index (χ1n) is 9.74. The molecule has 144 valence electrons. The van der Waals surface area contributed by atoms with Crippen LogP contribution in [0.25, 0.3) is 21.9 Å². The maximum atomic E-state index is 13.1. The summed E-state index contributed by atoms with van der Waals surface area (Å²) in [5, 5.41) is 2.10. The Balaban J connectivity index is 1.62. The molecule has 2 amide bonds. The van der Waals surface area contributed by atoms with Crippen LogP contribution in [0.2, 0.25) is 0 Å². The highest BCUT2D eigenvalue weighted by Gasteiger charge is 2.47. The van der Waals surface area contributed by atoms with Crippen molar-refractivity contribution in [3.05, 3.63) is 71.6 Å². The fourth-order valence-electron chi connectivity index (χ4n) is 4.91. The smallest absolute Gasteiger partial charge is 0.245 e. The van der Waals surface area contributed by atoms with Gasteiger partial charge in [-0.3, -0.25) is 9.59 Å². The number of amides is 2. The second-order valence-electron chi connectivity index (χ2n) is 7.90. The summed E-state index contributed by atoms with van der Waals surface area (Å²) in [6.07, 6.45) is 2.19. The van der Waals surface area contributed by atoms with Gasteiger partial charge in [-0.1, -0.05) is 24.3 Å². The molecule has 2 aromatic heterocycles. The van der Waals surface area contributed by atoms with Gasteiger partial charge < -0.3 is 19.2 Å². The van der Waals surface area contributed by atoms with Gasteiger partial charge >= 0.3 is 0 Å². The van der Waals surface area contributed by atoms with E-state index in [-0.39, 0.29) is 24.4 Å². The van der Waals surface area contributed by atoms with Gasteiger partial charge in [-0.15, -0.1) is 0 Å². The van der Waals surface area contributed by atoms with Gasteiger partial charge in [0.1, 0.15) is 11.6 Å². The topological polar surface area (TPSA) is 69.6 Å². The van der Waals surface area contributed by atoms with Crippen molar-refractivity contribution in [3.63, 3.8) is 0 Å². The first-order valence-corrected chi connectivity index (χ1v) is 9.74. The number of aromatic amines is 1. The van der Waals surface area contributed by atoms with Crippen molar-refractivity contribution in [2.45, 2.75) is 18.5 Å². The highest BCUT2D eigenvalue weighted by molar-refractivity contribution is 5.97. The number of benzene rings is 2. The third kappa shape index (κ3) is 2.23. The summed E-state index contributed by atoms with van der Waals surface area (Å²) in [5.74, 6) is -0.0337. The maximum absolute atomic E-state index is 13.1. The van der Waals surface area contributed by atoms with Crippen LogP contribution >= 0.6 is 0 Å². The highest BCUT2D eigenvalue weighted by Crippen LogP contribution is 2.42. The Morgan fingerprint density at radius 2 is 1.97 bits per heavy atom. The summed E-state index contributed by atoms with van der Waals surface area (Å²) in [4.78, 5) is 33.0. The van der Waals surface area contributed by atoms with Crippen molar-refractivity contribution >= 4 is 33.7 Å². The minimum Gasteiger partial charge on any atom is -0.464 e. The molecule has 1 fully saturated rings. The van der Waals surface area contributed by atoms with E-state index >= 15 is 0 Å². The molecule has 6 nitrogen and oxygen atoms in total. The Hall–Kier alpha value is -3.54. The SMILES string of the molecule is CN1CC(=O)N2[C@H](c3ccc4occc4c3)c3[nH]c4ccccc4c3C[C@@H]2C1=O. The van der Waals surface area contributed by atoms with Gasteiger partial charge in [0.25, 0.3) is 0 Å². The minimum absolute atomic E-state index is 0.00470. The van der Waals surface area contributed by atoms with E-state index in [1.54, 1.807) is 23.1 Å². The maximum Gasteiger partial charge on any atom is 0.245 e. The first-order chi connectivity index (χ1) is 14.1. The lowest BCUT2D eigenvalue weighted by Gasteiger charge is -2.46. The predicted molar refractivity (Wildman–Crippen MR) is 108 cm³/mol. The van der Waals surface area contributed by atoms with E-state index in [1.165, 1.54) is 0 Å². The molecule has 2 aliphatic heterocycles. The fourth-order valence-corrected chi connectivity index (χ4v) is 4.91.